The van der Waals surface area contributed by atoms with E-state index >= 15 is 0 Å². The number of hydrogen-bond acceptors (Lipinski definition) is 4. The number of nitrogens with one attached hydrogen (secondary N) is 2. The first-order valence-corrected chi connectivity index (χ1v) is 8.60. The number of hydrogen-bond donors (Lipinski definition) is 2. The SMILES string of the molecule is CNCC1CCCN(C(=O)c2cc(-c3csc(C)n3)c[nH]2)C1.Cl.Cl. The molecule has 1 aliphatic heterocycles. The molecule has 1 saturated heterocycles. The van der Waals surface area contributed by atoms with E-state index in [0.717, 1.165) is 42.3 Å². The predicted molar refractivity (Wildman–Crippen MR) is 104 cm³/mol. The highest BCUT2D eigenvalue weighted by Crippen LogP contribution is 2.24. The third kappa shape index (κ3) is 4.72. The summed E-state index contributed by atoms with van der Waals surface area (Å²) in [5.41, 5.74) is 2.58. The van der Waals surface area contributed by atoms with Gasteiger partial charge in [0.1, 0.15) is 5.69 Å². The summed E-state index contributed by atoms with van der Waals surface area (Å²) in [4.78, 5) is 22.2. The van der Waals surface area contributed by atoms with Crippen LogP contribution in [-0.4, -0.2) is 47.5 Å². The minimum absolute atomic E-state index is 0. The number of halogens is 2. The molecular formula is C16H24Cl2N4OS. The normalized spacial score (nSPS) is 17.1. The molecule has 24 heavy (non-hydrogen) atoms. The molecule has 1 unspecified atom stereocenters. The van der Waals surface area contributed by atoms with Gasteiger partial charge in [-0.05, 0) is 45.3 Å². The largest absolute Gasteiger partial charge is 0.357 e. The Morgan fingerprint density at radius 3 is 2.96 bits per heavy atom. The van der Waals surface area contributed by atoms with Crippen molar-refractivity contribution in [3.05, 3.63) is 28.3 Å². The second kappa shape index (κ2) is 9.42. The quantitative estimate of drug-likeness (QED) is 0.840. The molecule has 0 aliphatic carbocycles. The Hall–Kier alpha value is -1.08. The van der Waals surface area contributed by atoms with E-state index in [1.807, 2.05) is 36.5 Å². The molecule has 2 N–H and O–H groups in total. The number of aryl methyl sites for hydroxylation is 1. The van der Waals surface area contributed by atoms with E-state index in [1.165, 1.54) is 6.42 Å². The number of piperidine rings is 1. The standard InChI is InChI=1S/C16H22N4OS.2ClH/c1-11-19-15(10-22-11)13-6-14(18-8-13)16(21)20-5-3-4-12(9-20)7-17-2;;/h6,8,10,12,17-18H,3-5,7,9H2,1-2H3;2*1H. The Kier molecular flexibility index (Phi) is 8.22. The number of aromatic amines is 1. The number of carbonyl (C=O) groups is 1. The monoisotopic (exact) mass is 390 g/mol. The maximum Gasteiger partial charge on any atom is 0.270 e. The number of aromatic nitrogens is 2. The van der Waals surface area contributed by atoms with Crippen LogP contribution in [0.1, 0.15) is 28.3 Å². The van der Waals surface area contributed by atoms with Crippen LogP contribution in [0.15, 0.2) is 17.6 Å². The van der Waals surface area contributed by atoms with Crippen LogP contribution in [0, 0.1) is 12.8 Å². The maximum atomic E-state index is 12.7. The molecule has 2 aromatic rings. The molecule has 0 bridgehead atoms. The lowest BCUT2D eigenvalue weighted by Crippen LogP contribution is -2.42. The van der Waals surface area contributed by atoms with Gasteiger partial charge in [0.05, 0.1) is 10.7 Å². The first-order chi connectivity index (χ1) is 10.7. The minimum atomic E-state index is 0. The van der Waals surface area contributed by atoms with Crippen molar-refractivity contribution in [1.29, 1.82) is 0 Å². The van der Waals surface area contributed by atoms with E-state index in [2.05, 4.69) is 15.3 Å². The molecule has 1 fully saturated rings. The third-order valence-electron chi connectivity index (χ3n) is 4.13. The van der Waals surface area contributed by atoms with Crippen molar-refractivity contribution in [2.24, 2.45) is 5.92 Å². The van der Waals surface area contributed by atoms with Crippen molar-refractivity contribution in [2.75, 3.05) is 26.7 Å². The second-order valence-electron chi connectivity index (χ2n) is 5.87. The van der Waals surface area contributed by atoms with Crippen LogP contribution in [-0.2, 0) is 0 Å². The number of nitrogens with zero attached hydrogens (tertiary/aromatic N) is 2. The molecule has 1 amide bonds. The van der Waals surface area contributed by atoms with Crippen molar-refractivity contribution >= 4 is 42.1 Å². The Labute approximate surface area is 159 Å². The van der Waals surface area contributed by atoms with Crippen LogP contribution in [0.2, 0.25) is 0 Å². The summed E-state index contributed by atoms with van der Waals surface area (Å²) >= 11 is 1.62. The molecule has 3 rings (SSSR count). The van der Waals surface area contributed by atoms with Gasteiger partial charge < -0.3 is 15.2 Å². The number of rotatable bonds is 4. The average molecular weight is 391 g/mol. The molecular weight excluding hydrogens is 367 g/mol. The Morgan fingerprint density at radius 2 is 2.29 bits per heavy atom. The molecule has 134 valence electrons. The van der Waals surface area contributed by atoms with Gasteiger partial charge >= 0.3 is 0 Å². The van der Waals surface area contributed by atoms with Gasteiger partial charge in [-0.15, -0.1) is 36.2 Å². The van der Waals surface area contributed by atoms with Crippen LogP contribution < -0.4 is 5.32 Å². The molecule has 2 aromatic heterocycles. The number of carbonyl (C=O) groups excluding carboxylic acids is 1. The van der Waals surface area contributed by atoms with Crippen LogP contribution in [0.4, 0.5) is 0 Å². The zero-order valence-corrected chi connectivity index (χ0v) is 16.3. The van der Waals surface area contributed by atoms with Gasteiger partial charge in [0.15, 0.2) is 0 Å². The summed E-state index contributed by atoms with van der Waals surface area (Å²) in [6, 6.07) is 1.92. The van der Waals surface area contributed by atoms with E-state index in [9.17, 15) is 4.79 Å². The number of amides is 1. The molecule has 0 aromatic carbocycles. The fourth-order valence-corrected chi connectivity index (χ4v) is 3.66. The number of H-pyrrole nitrogens is 1. The van der Waals surface area contributed by atoms with Gasteiger partial charge in [-0.2, -0.15) is 0 Å². The molecule has 1 atom stereocenters. The molecule has 0 radical (unpaired) electrons. The highest BCUT2D eigenvalue weighted by Gasteiger charge is 2.25. The third-order valence-corrected chi connectivity index (χ3v) is 4.90. The van der Waals surface area contributed by atoms with Gasteiger partial charge in [-0.25, -0.2) is 4.98 Å². The first-order valence-electron chi connectivity index (χ1n) is 7.72. The van der Waals surface area contributed by atoms with E-state index in [0.29, 0.717) is 11.6 Å². The van der Waals surface area contributed by atoms with Gasteiger partial charge in [-0.3, -0.25) is 4.79 Å². The molecule has 5 nitrogen and oxygen atoms in total. The second-order valence-corrected chi connectivity index (χ2v) is 6.93. The predicted octanol–water partition coefficient (Wildman–Crippen LogP) is 3.36. The molecule has 1 aliphatic rings. The zero-order valence-electron chi connectivity index (χ0n) is 13.9. The van der Waals surface area contributed by atoms with Gasteiger partial charge in [0, 0.05) is 30.2 Å². The van der Waals surface area contributed by atoms with E-state index in [-0.39, 0.29) is 30.7 Å². The van der Waals surface area contributed by atoms with Gasteiger partial charge in [-0.1, -0.05) is 0 Å². The number of likely N-dealkylation sites (tertiary alicyclic amines) is 1. The highest BCUT2D eigenvalue weighted by molar-refractivity contribution is 7.09. The van der Waals surface area contributed by atoms with E-state index in [4.69, 9.17) is 0 Å². The summed E-state index contributed by atoms with van der Waals surface area (Å²) in [5, 5.41) is 6.27. The molecule has 0 saturated carbocycles. The molecule has 3 heterocycles. The fraction of sp³-hybridized carbons (Fsp3) is 0.500. The lowest BCUT2D eigenvalue weighted by atomic mass is 9.98. The van der Waals surface area contributed by atoms with Gasteiger partial charge in [0.2, 0.25) is 0 Å². The zero-order chi connectivity index (χ0) is 15.5. The van der Waals surface area contributed by atoms with Crippen LogP contribution in [0.5, 0.6) is 0 Å². The summed E-state index contributed by atoms with van der Waals surface area (Å²) in [6.07, 6.45) is 4.15. The number of thiazole rings is 1. The highest BCUT2D eigenvalue weighted by atomic mass is 35.5. The van der Waals surface area contributed by atoms with Crippen molar-refractivity contribution in [3.63, 3.8) is 0 Å². The van der Waals surface area contributed by atoms with Crippen LogP contribution in [0.3, 0.4) is 0 Å². The van der Waals surface area contributed by atoms with Crippen LogP contribution in [0.25, 0.3) is 11.3 Å². The minimum Gasteiger partial charge on any atom is -0.357 e. The Bertz CT molecular complexity index is 656. The fourth-order valence-electron chi connectivity index (χ4n) is 3.04. The lowest BCUT2D eigenvalue weighted by Gasteiger charge is -2.32. The maximum absolute atomic E-state index is 12.7. The van der Waals surface area contributed by atoms with Gasteiger partial charge in [0.25, 0.3) is 5.91 Å². The Balaban J connectivity index is 0.00000144. The average Bonchev–Trinajstić information content (AvgIpc) is 3.16. The van der Waals surface area contributed by atoms with Crippen molar-refractivity contribution < 1.29 is 4.79 Å². The van der Waals surface area contributed by atoms with Crippen molar-refractivity contribution in [1.82, 2.24) is 20.2 Å². The van der Waals surface area contributed by atoms with Crippen LogP contribution >= 0.6 is 36.2 Å². The van der Waals surface area contributed by atoms with Crippen molar-refractivity contribution in [3.8, 4) is 11.3 Å². The summed E-state index contributed by atoms with van der Waals surface area (Å²) in [5.74, 6) is 0.650. The van der Waals surface area contributed by atoms with Crippen molar-refractivity contribution in [2.45, 2.75) is 19.8 Å². The Morgan fingerprint density at radius 1 is 1.50 bits per heavy atom. The molecule has 0 spiro atoms. The first kappa shape index (κ1) is 21.0. The summed E-state index contributed by atoms with van der Waals surface area (Å²) < 4.78 is 0. The lowest BCUT2D eigenvalue weighted by molar-refractivity contribution is 0.0669. The summed E-state index contributed by atoms with van der Waals surface area (Å²) in [7, 11) is 1.97. The van der Waals surface area contributed by atoms with E-state index in [1.54, 1.807) is 11.3 Å². The topological polar surface area (TPSA) is 61.0 Å². The molecule has 8 heteroatoms. The smallest absolute Gasteiger partial charge is 0.270 e. The summed E-state index contributed by atoms with van der Waals surface area (Å²) in [6.45, 7) is 4.65. The van der Waals surface area contributed by atoms with E-state index < -0.39 is 0 Å².